The van der Waals surface area contributed by atoms with Crippen molar-refractivity contribution >= 4 is 11.9 Å². The summed E-state index contributed by atoms with van der Waals surface area (Å²) in [6, 6.07) is 0.554. The second kappa shape index (κ2) is 9.12. The third-order valence-electron chi connectivity index (χ3n) is 6.04. The third kappa shape index (κ3) is 5.31. The molecule has 0 aliphatic carbocycles. The molecule has 4 rings (SSSR count). The predicted molar refractivity (Wildman–Crippen MR) is 103 cm³/mol. The second-order valence-corrected chi connectivity index (χ2v) is 8.39. The van der Waals surface area contributed by atoms with E-state index in [4.69, 9.17) is 9.47 Å². The summed E-state index contributed by atoms with van der Waals surface area (Å²) in [5.41, 5.74) is -3.93. The van der Waals surface area contributed by atoms with Gasteiger partial charge in [0.1, 0.15) is 12.7 Å². The number of rotatable bonds is 2. The predicted octanol–water partition coefficient (Wildman–Crippen LogP) is 2.67. The smallest absolute Gasteiger partial charge is 0.434 e. The zero-order valence-electron chi connectivity index (χ0n) is 17.8. The summed E-state index contributed by atoms with van der Waals surface area (Å²) in [6.07, 6.45) is -10.1. The van der Waals surface area contributed by atoms with Crippen LogP contribution in [0, 0.1) is 0 Å². The van der Waals surface area contributed by atoms with Gasteiger partial charge in [-0.1, -0.05) is 0 Å². The van der Waals surface area contributed by atoms with Crippen molar-refractivity contribution in [2.24, 2.45) is 0 Å². The van der Waals surface area contributed by atoms with Crippen LogP contribution in [-0.2, 0) is 21.9 Å². The number of aromatic nitrogens is 1. The van der Waals surface area contributed by atoms with Crippen molar-refractivity contribution < 1.29 is 45.4 Å². The van der Waals surface area contributed by atoms with E-state index in [-0.39, 0.29) is 56.6 Å². The van der Waals surface area contributed by atoms with Gasteiger partial charge in [0.25, 0.3) is 0 Å². The molecule has 1 N–H and O–H groups in total. The van der Waals surface area contributed by atoms with Crippen LogP contribution >= 0.6 is 0 Å². The van der Waals surface area contributed by atoms with Gasteiger partial charge in [-0.15, -0.1) is 0 Å². The Morgan fingerprint density at radius 1 is 1.03 bits per heavy atom. The van der Waals surface area contributed by atoms with Crippen molar-refractivity contribution in [1.82, 2.24) is 20.1 Å². The molecular weight excluding hydrogens is 474 g/mol. The highest BCUT2D eigenvalue weighted by Crippen LogP contribution is 2.40. The molecule has 0 bridgehead atoms. The van der Waals surface area contributed by atoms with Gasteiger partial charge < -0.3 is 24.6 Å². The number of pyridine rings is 1. The summed E-state index contributed by atoms with van der Waals surface area (Å²) < 4.78 is 88.8. The van der Waals surface area contributed by atoms with Crippen LogP contribution in [0.3, 0.4) is 0 Å². The molecule has 3 aliphatic rings. The first kappa shape index (κ1) is 24.4. The standard InChI is InChI=1S/C20H22F6N4O4/c21-19(22,23)12-1-2-16(28-17(12)20(24,25)26)34-11-3-6-29(7-4-11)18(32)30-8-5-14-13(9-30)27-15(31)10-33-14/h1-2,11,13-14H,3-10H2,(H,27,31)/t13-,14+/m1/s1. The van der Waals surface area contributed by atoms with Crippen LogP contribution < -0.4 is 10.1 Å². The number of carbonyl (C=O) groups is 2. The summed E-state index contributed by atoms with van der Waals surface area (Å²) in [6.45, 7) is 1.28. The van der Waals surface area contributed by atoms with E-state index < -0.39 is 35.6 Å². The molecule has 2 atom stereocenters. The monoisotopic (exact) mass is 496 g/mol. The number of amides is 3. The topological polar surface area (TPSA) is 84.0 Å². The molecule has 0 aromatic carbocycles. The largest absolute Gasteiger partial charge is 0.474 e. The first-order valence-corrected chi connectivity index (χ1v) is 10.7. The van der Waals surface area contributed by atoms with Crippen LogP contribution in [-0.4, -0.2) is 77.8 Å². The molecule has 3 aliphatic heterocycles. The second-order valence-electron chi connectivity index (χ2n) is 8.39. The molecule has 34 heavy (non-hydrogen) atoms. The number of carbonyl (C=O) groups excluding carboxylic acids is 2. The van der Waals surface area contributed by atoms with E-state index in [1.807, 2.05) is 0 Å². The third-order valence-corrected chi connectivity index (χ3v) is 6.04. The molecule has 0 spiro atoms. The Balaban J connectivity index is 1.33. The molecular formula is C20H22F6N4O4. The van der Waals surface area contributed by atoms with Crippen LogP contribution in [0.5, 0.6) is 5.88 Å². The van der Waals surface area contributed by atoms with Crippen molar-refractivity contribution in [1.29, 1.82) is 0 Å². The summed E-state index contributed by atoms with van der Waals surface area (Å²) in [7, 11) is 0. The Morgan fingerprint density at radius 3 is 2.35 bits per heavy atom. The number of nitrogens with zero attached hydrogens (tertiary/aromatic N) is 3. The molecule has 0 unspecified atom stereocenters. The molecule has 3 fully saturated rings. The summed E-state index contributed by atoms with van der Waals surface area (Å²) >= 11 is 0. The van der Waals surface area contributed by atoms with E-state index in [2.05, 4.69) is 10.3 Å². The molecule has 4 heterocycles. The molecule has 1 aromatic rings. The van der Waals surface area contributed by atoms with E-state index >= 15 is 0 Å². The maximum absolute atomic E-state index is 13.1. The minimum atomic E-state index is -5.30. The quantitative estimate of drug-likeness (QED) is 0.637. The van der Waals surface area contributed by atoms with Crippen LogP contribution in [0.2, 0.25) is 0 Å². The number of piperidine rings is 2. The lowest BCUT2D eigenvalue weighted by atomic mass is 10.0. The highest BCUT2D eigenvalue weighted by atomic mass is 19.4. The fourth-order valence-corrected chi connectivity index (χ4v) is 4.36. The number of ether oxygens (including phenoxy) is 2. The van der Waals surface area contributed by atoms with Gasteiger partial charge in [-0.25, -0.2) is 9.78 Å². The van der Waals surface area contributed by atoms with Crippen molar-refractivity contribution in [3.05, 3.63) is 23.4 Å². The van der Waals surface area contributed by atoms with Gasteiger partial charge in [0.05, 0.1) is 17.7 Å². The van der Waals surface area contributed by atoms with Gasteiger partial charge in [-0.3, -0.25) is 4.79 Å². The number of hydrogen-bond acceptors (Lipinski definition) is 5. The van der Waals surface area contributed by atoms with E-state index in [1.165, 1.54) is 0 Å². The van der Waals surface area contributed by atoms with Crippen LogP contribution in [0.1, 0.15) is 30.5 Å². The molecule has 1 aromatic heterocycles. The number of nitrogens with one attached hydrogen (secondary N) is 1. The summed E-state index contributed by atoms with van der Waals surface area (Å²) in [5, 5.41) is 2.81. The minimum absolute atomic E-state index is 0.000873. The average molecular weight is 496 g/mol. The Kier molecular flexibility index (Phi) is 6.53. The molecule has 0 radical (unpaired) electrons. The zero-order chi connectivity index (χ0) is 24.7. The molecule has 0 saturated carbocycles. The number of morpholine rings is 1. The Hall–Kier alpha value is -2.77. The number of likely N-dealkylation sites (tertiary alicyclic amines) is 2. The van der Waals surface area contributed by atoms with Crippen molar-refractivity contribution in [2.75, 3.05) is 32.8 Å². The average Bonchev–Trinajstić information content (AvgIpc) is 2.77. The molecule has 8 nitrogen and oxygen atoms in total. The number of alkyl halides is 6. The number of urea groups is 1. The molecule has 14 heteroatoms. The van der Waals surface area contributed by atoms with Crippen molar-refractivity contribution in [3.63, 3.8) is 0 Å². The highest BCUT2D eigenvalue weighted by Gasteiger charge is 2.45. The molecule has 3 saturated heterocycles. The summed E-state index contributed by atoms with van der Waals surface area (Å²) in [4.78, 5) is 30.7. The van der Waals surface area contributed by atoms with Crippen LogP contribution in [0.4, 0.5) is 31.1 Å². The number of halogens is 6. The van der Waals surface area contributed by atoms with E-state index in [1.54, 1.807) is 9.80 Å². The first-order valence-electron chi connectivity index (χ1n) is 10.7. The fourth-order valence-electron chi connectivity index (χ4n) is 4.36. The lowest BCUT2D eigenvalue weighted by Gasteiger charge is -2.43. The van der Waals surface area contributed by atoms with Gasteiger partial charge in [-0.05, 0) is 12.5 Å². The zero-order valence-corrected chi connectivity index (χ0v) is 17.8. The van der Waals surface area contributed by atoms with Crippen LogP contribution in [0.25, 0.3) is 0 Å². The normalized spacial score (nSPS) is 24.5. The number of fused-ring (bicyclic) bond motifs is 1. The Bertz CT molecular complexity index is 933. The first-order chi connectivity index (χ1) is 15.9. The van der Waals surface area contributed by atoms with Gasteiger partial charge in [0.15, 0.2) is 5.69 Å². The number of hydrogen-bond donors (Lipinski definition) is 1. The van der Waals surface area contributed by atoms with Gasteiger partial charge in [-0.2, -0.15) is 26.3 Å². The fraction of sp³-hybridized carbons (Fsp3) is 0.650. The van der Waals surface area contributed by atoms with Crippen LogP contribution in [0.15, 0.2) is 12.1 Å². The van der Waals surface area contributed by atoms with Gasteiger partial charge in [0.2, 0.25) is 11.8 Å². The highest BCUT2D eigenvalue weighted by molar-refractivity contribution is 5.79. The lowest BCUT2D eigenvalue weighted by Crippen LogP contribution is -2.62. The SMILES string of the molecule is O=C1CO[C@H]2CCN(C(=O)N3CCC(Oc4ccc(C(F)(F)F)c(C(F)(F)F)n4)CC3)C[C@H]2N1. The molecule has 3 amide bonds. The Labute approximate surface area is 190 Å². The Morgan fingerprint density at radius 2 is 1.71 bits per heavy atom. The maximum Gasteiger partial charge on any atom is 0.434 e. The van der Waals surface area contributed by atoms with Crippen molar-refractivity contribution in [3.8, 4) is 5.88 Å². The van der Waals surface area contributed by atoms with E-state index in [9.17, 15) is 35.9 Å². The van der Waals surface area contributed by atoms with E-state index in [0.29, 0.717) is 25.6 Å². The minimum Gasteiger partial charge on any atom is -0.474 e. The van der Waals surface area contributed by atoms with E-state index in [0.717, 1.165) is 6.07 Å². The van der Waals surface area contributed by atoms with Crippen molar-refractivity contribution in [2.45, 2.75) is 49.9 Å². The summed E-state index contributed by atoms with van der Waals surface area (Å²) in [5.74, 6) is -0.792. The van der Waals surface area contributed by atoms with Gasteiger partial charge in [0, 0.05) is 45.1 Å². The maximum atomic E-state index is 13.1. The lowest BCUT2D eigenvalue weighted by molar-refractivity contribution is -0.165. The molecule has 188 valence electrons. The van der Waals surface area contributed by atoms with Gasteiger partial charge >= 0.3 is 18.4 Å².